The quantitative estimate of drug-likeness (QED) is 0.734. The summed E-state index contributed by atoms with van der Waals surface area (Å²) in [4.78, 5) is 14.7. The predicted octanol–water partition coefficient (Wildman–Crippen LogP) is 2.95. The zero-order valence-corrected chi connectivity index (χ0v) is 14.5. The number of hydrogen-bond donors (Lipinski definition) is 2. The summed E-state index contributed by atoms with van der Waals surface area (Å²) in [5, 5.41) is 3.07. The van der Waals surface area contributed by atoms with E-state index in [-0.39, 0.29) is 11.9 Å². The van der Waals surface area contributed by atoms with Crippen molar-refractivity contribution in [2.45, 2.75) is 26.3 Å². The summed E-state index contributed by atoms with van der Waals surface area (Å²) in [5.41, 5.74) is 8.26. The Morgan fingerprint density at radius 1 is 1.04 bits per heavy atom. The molecule has 0 spiro atoms. The first-order valence-corrected chi connectivity index (χ1v) is 8.55. The van der Waals surface area contributed by atoms with Crippen LogP contribution >= 0.6 is 0 Å². The average molecular weight is 325 g/mol. The molecular weight excluding hydrogens is 298 g/mol. The fourth-order valence-electron chi connectivity index (χ4n) is 2.90. The van der Waals surface area contributed by atoms with E-state index >= 15 is 0 Å². The molecule has 1 unspecified atom stereocenters. The van der Waals surface area contributed by atoms with Gasteiger partial charge in [-0.3, -0.25) is 9.69 Å². The molecule has 2 rings (SSSR count). The highest BCUT2D eigenvalue weighted by molar-refractivity contribution is 5.94. The molecule has 0 bridgehead atoms. The fourth-order valence-corrected chi connectivity index (χ4v) is 2.90. The Morgan fingerprint density at radius 3 is 2.25 bits per heavy atom. The summed E-state index contributed by atoms with van der Waals surface area (Å²) in [7, 11) is 0. The van der Waals surface area contributed by atoms with Crippen LogP contribution in [0.15, 0.2) is 54.6 Å². The van der Waals surface area contributed by atoms with Gasteiger partial charge in [0.2, 0.25) is 0 Å². The maximum Gasteiger partial charge on any atom is 0.251 e. The molecule has 4 nitrogen and oxygen atoms in total. The molecule has 0 aliphatic heterocycles. The van der Waals surface area contributed by atoms with Crippen LogP contribution in [0.5, 0.6) is 0 Å². The van der Waals surface area contributed by atoms with Gasteiger partial charge in [0, 0.05) is 23.8 Å². The molecule has 1 atom stereocenters. The zero-order chi connectivity index (χ0) is 17.4. The number of nitrogen functional groups attached to an aromatic ring is 1. The molecule has 1 amide bonds. The van der Waals surface area contributed by atoms with Gasteiger partial charge in [-0.15, -0.1) is 0 Å². The summed E-state index contributed by atoms with van der Waals surface area (Å²) in [6, 6.07) is 17.7. The second-order valence-electron chi connectivity index (χ2n) is 5.90. The predicted molar refractivity (Wildman–Crippen MR) is 100 cm³/mol. The third-order valence-electron chi connectivity index (χ3n) is 4.31. The van der Waals surface area contributed by atoms with Crippen molar-refractivity contribution in [3.8, 4) is 0 Å². The number of benzene rings is 2. The lowest BCUT2D eigenvalue weighted by molar-refractivity contribution is 0.0934. The smallest absolute Gasteiger partial charge is 0.251 e. The van der Waals surface area contributed by atoms with Gasteiger partial charge in [-0.1, -0.05) is 44.2 Å². The fraction of sp³-hybridized carbons (Fsp3) is 0.350. The summed E-state index contributed by atoms with van der Waals surface area (Å²) < 4.78 is 0. The standard InChI is InChI=1S/C20H27N3O/c1-3-23(4-2)19(14-16-8-6-5-7-9-16)15-22-20(24)17-10-12-18(21)13-11-17/h5-13,19H,3-4,14-15,21H2,1-2H3,(H,22,24). The molecule has 0 aliphatic rings. The third-order valence-corrected chi connectivity index (χ3v) is 4.31. The van der Waals surface area contributed by atoms with Gasteiger partial charge in [0.1, 0.15) is 0 Å². The van der Waals surface area contributed by atoms with Crippen LogP contribution < -0.4 is 11.1 Å². The summed E-state index contributed by atoms with van der Waals surface area (Å²) in [6.07, 6.45) is 0.921. The van der Waals surface area contributed by atoms with Gasteiger partial charge in [-0.05, 0) is 49.3 Å². The Balaban J connectivity index is 2.02. The Labute approximate surface area is 144 Å². The van der Waals surface area contributed by atoms with Crippen molar-refractivity contribution in [2.75, 3.05) is 25.4 Å². The largest absolute Gasteiger partial charge is 0.399 e. The van der Waals surface area contributed by atoms with E-state index in [9.17, 15) is 4.79 Å². The lowest BCUT2D eigenvalue weighted by Gasteiger charge is -2.30. The number of likely N-dealkylation sites (N-methyl/N-ethyl adjacent to an activating group) is 1. The zero-order valence-electron chi connectivity index (χ0n) is 14.5. The van der Waals surface area contributed by atoms with E-state index in [1.807, 2.05) is 6.07 Å². The van der Waals surface area contributed by atoms with E-state index in [0.717, 1.165) is 19.5 Å². The SMILES string of the molecule is CCN(CC)C(CNC(=O)c1ccc(N)cc1)Cc1ccccc1. The molecule has 2 aromatic carbocycles. The first-order valence-electron chi connectivity index (χ1n) is 8.55. The molecule has 0 fully saturated rings. The van der Waals surface area contributed by atoms with Gasteiger partial charge < -0.3 is 11.1 Å². The van der Waals surface area contributed by atoms with Crippen LogP contribution in [0.4, 0.5) is 5.69 Å². The van der Waals surface area contributed by atoms with Crippen molar-refractivity contribution in [1.82, 2.24) is 10.2 Å². The van der Waals surface area contributed by atoms with Gasteiger partial charge in [-0.2, -0.15) is 0 Å². The molecule has 0 saturated carbocycles. The highest BCUT2D eigenvalue weighted by Gasteiger charge is 2.17. The van der Waals surface area contributed by atoms with Gasteiger partial charge in [0.25, 0.3) is 5.91 Å². The second-order valence-corrected chi connectivity index (χ2v) is 5.90. The van der Waals surface area contributed by atoms with Crippen LogP contribution in [0.3, 0.4) is 0 Å². The summed E-state index contributed by atoms with van der Waals surface area (Å²) in [6.45, 7) is 6.86. The number of nitrogens with two attached hydrogens (primary N) is 1. The highest BCUT2D eigenvalue weighted by atomic mass is 16.1. The molecule has 0 heterocycles. The average Bonchev–Trinajstić information content (AvgIpc) is 2.61. The molecule has 0 aliphatic carbocycles. The van der Waals surface area contributed by atoms with Gasteiger partial charge in [-0.25, -0.2) is 0 Å². The number of anilines is 1. The van der Waals surface area contributed by atoms with Crippen LogP contribution in [0.1, 0.15) is 29.8 Å². The van der Waals surface area contributed by atoms with E-state index in [0.29, 0.717) is 17.8 Å². The lowest BCUT2D eigenvalue weighted by Crippen LogP contribution is -2.45. The number of nitrogens with zero attached hydrogens (tertiary/aromatic N) is 1. The molecule has 0 aromatic heterocycles. The van der Waals surface area contributed by atoms with Crippen LogP contribution in [0.25, 0.3) is 0 Å². The minimum absolute atomic E-state index is 0.0554. The maximum absolute atomic E-state index is 12.3. The first kappa shape index (κ1) is 18.0. The molecule has 0 radical (unpaired) electrons. The second kappa shape index (κ2) is 9.08. The molecule has 24 heavy (non-hydrogen) atoms. The summed E-state index contributed by atoms with van der Waals surface area (Å²) >= 11 is 0. The molecule has 2 aromatic rings. The minimum Gasteiger partial charge on any atom is -0.399 e. The van der Waals surface area contributed by atoms with Crippen LogP contribution in [-0.4, -0.2) is 36.5 Å². The van der Waals surface area contributed by atoms with Crippen LogP contribution in [0.2, 0.25) is 0 Å². The Hall–Kier alpha value is -2.33. The third kappa shape index (κ3) is 5.10. The normalized spacial score (nSPS) is 12.1. The van der Waals surface area contributed by atoms with Gasteiger partial charge >= 0.3 is 0 Å². The number of amides is 1. The Kier molecular flexibility index (Phi) is 6.82. The topological polar surface area (TPSA) is 58.4 Å². The maximum atomic E-state index is 12.3. The van der Waals surface area contributed by atoms with Gasteiger partial charge in [0.05, 0.1) is 0 Å². The van der Waals surface area contributed by atoms with Gasteiger partial charge in [0.15, 0.2) is 0 Å². The van der Waals surface area contributed by atoms with Crippen molar-refractivity contribution in [1.29, 1.82) is 0 Å². The van der Waals surface area contributed by atoms with Crippen molar-refractivity contribution in [3.63, 3.8) is 0 Å². The molecule has 128 valence electrons. The van der Waals surface area contributed by atoms with Crippen molar-refractivity contribution in [2.24, 2.45) is 0 Å². The number of hydrogen-bond acceptors (Lipinski definition) is 3. The van der Waals surface area contributed by atoms with E-state index in [1.54, 1.807) is 24.3 Å². The number of rotatable bonds is 8. The highest BCUT2D eigenvalue weighted by Crippen LogP contribution is 2.10. The molecule has 0 saturated heterocycles. The van der Waals surface area contributed by atoms with Crippen LogP contribution in [-0.2, 0) is 6.42 Å². The number of carbonyl (C=O) groups is 1. The minimum atomic E-state index is -0.0554. The molecular formula is C20H27N3O. The van der Waals surface area contributed by atoms with Crippen molar-refractivity contribution in [3.05, 3.63) is 65.7 Å². The van der Waals surface area contributed by atoms with Crippen LogP contribution in [0, 0.1) is 0 Å². The molecule has 4 heteroatoms. The summed E-state index contributed by atoms with van der Waals surface area (Å²) in [5.74, 6) is -0.0554. The monoisotopic (exact) mass is 325 g/mol. The Bertz CT molecular complexity index is 621. The lowest BCUT2D eigenvalue weighted by atomic mass is 10.0. The van der Waals surface area contributed by atoms with E-state index in [4.69, 9.17) is 5.73 Å². The van der Waals surface area contributed by atoms with Crippen molar-refractivity contribution < 1.29 is 4.79 Å². The van der Waals surface area contributed by atoms with E-state index in [2.05, 4.69) is 48.3 Å². The number of carbonyl (C=O) groups excluding carboxylic acids is 1. The first-order chi connectivity index (χ1) is 11.6. The molecule has 3 N–H and O–H groups in total. The Morgan fingerprint density at radius 2 is 1.67 bits per heavy atom. The van der Waals surface area contributed by atoms with E-state index in [1.165, 1.54) is 5.56 Å². The number of nitrogens with one attached hydrogen (secondary N) is 1. The van der Waals surface area contributed by atoms with E-state index < -0.39 is 0 Å². The van der Waals surface area contributed by atoms with Crippen molar-refractivity contribution >= 4 is 11.6 Å².